The lowest BCUT2D eigenvalue weighted by Crippen LogP contribution is -2.22. The van der Waals surface area contributed by atoms with Crippen molar-refractivity contribution < 1.29 is 14.6 Å². The van der Waals surface area contributed by atoms with Crippen molar-refractivity contribution in [2.24, 2.45) is 0 Å². The highest BCUT2D eigenvalue weighted by Crippen LogP contribution is 2.10. The smallest absolute Gasteiger partial charge is 0.354 e. The standard InChI is InChI=1S/C13H20N2O3/c1-10(2)18-9-5-8-15(3)12-7-4-6-11(14-12)13(16)17/h4,6-7,10H,5,8-9H2,1-3H3,(H,16,17). The van der Waals surface area contributed by atoms with Gasteiger partial charge in [0, 0.05) is 20.2 Å². The Kier molecular flexibility index (Phi) is 5.58. The Morgan fingerprint density at radius 3 is 2.83 bits per heavy atom. The maximum Gasteiger partial charge on any atom is 0.354 e. The molecule has 1 N–H and O–H groups in total. The van der Waals surface area contributed by atoms with E-state index >= 15 is 0 Å². The SMILES string of the molecule is CC(C)OCCCN(C)c1cccc(C(=O)O)n1. The van der Waals surface area contributed by atoms with Crippen LogP contribution in [0.1, 0.15) is 30.8 Å². The maximum absolute atomic E-state index is 10.8. The molecule has 1 aromatic rings. The molecule has 1 rings (SSSR count). The third-order valence-electron chi connectivity index (χ3n) is 2.43. The van der Waals surface area contributed by atoms with Crippen LogP contribution in [-0.4, -0.2) is 42.4 Å². The Hall–Kier alpha value is -1.62. The monoisotopic (exact) mass is 252 g/mol. The van der Waals surface area contributed by atoms with Crippen LogP contribution in [0.4, 0.5) is 5.82 Å². The van der Waals surface area contributed by atoms with E-state index in [1.807, 2.05) is 25.8 Å². The number of pyridine rings is 1. The number of carbonyl (C=O) groups is 1. The van der Waals surface area contributed by atoms with Gasteiger partial charge in [0.05, 0.1) is 6.10 Å². The van der Waals surface area contributed by atoms with Crippen LogP contribution in [0.15, 0.2) is 18.2 Å². The molecule has 0 spiro atoms. The van der Waals surface area contributed by atoms with Crippen LogP contribution in [0.3, 0.4) is 0 Å². The van der Waals surface area contributed by atoms with Gasteiger partial charge in [-0.15, -0.1) is 0 Å². The van der Waals surface area contributed by atoms with E-state index in [1.54, 1.807) is 12.1 Å². The molecule has 1 heterocycles. The first kappa shape index (κ1) is 14.4. The lowest BCUT2D eigenvalue weighted by molar-refractivity contribution is 0.0690. The minimum absolute atomic E-state index is 0.0674. The molecule has 0 unspecified atom stereocenters. The minimum Gasteiger partial charge on any atom is -0.477 e. The van der Waals surface area contributed by atoms with Gasteiger partial charge in [-0.05, 0) is 32.4 Å². The second-order valence-corrected chi connectivity index (χ2v) is 4.38. The first-order valence-electron chi connectivity index (χ1n) is 6.04. The fourth-order valence-electron chi connectivity index (χ4n) is 1.49. The maximum atomic E-state index is 10.8. The Labute approximate surface area is 107 Å². The lowest BCUT2D eigenvalue weighted by atomic mass is 10.3. The molecular weight excluding hydrogens is 232 g/mol. The van der Waals surface area contributed by atoms with E-state index in [4.69, 9.17) is 9.84 Å². The molecule has 100 valence electrons. The number of carboxylic acid groups (broad SMARTS) is 1. The zero-order valence-corrected chi connectivity index (χ0v) is 11.1. The largest absolute Gasteiger partial charge is 0.477 e. The summed E-state index contributed by atoms with van der Waals surface area (Å²) in [5, 5.41) is 8.87. The first-order chi connectivity index (χ1) is 8.50. The van der Waals surface area contributed by atoms with Crippen LogP contribution in [0.25, 0.3) is 0 Å². The second-order valence-electron chi connectivity index (χ2n) is 4.38. The van der Waals surface area contributed by atoms with E-state index in [2.05, 4.69) is 4.98 Å². The normalized spacial score (nSPS) is 10.7. The first-order valence-corrected chi connectivity index (χ1v) is 6.04. The third-order valence-corrected chi connectivity index (χ3v) is 2.43. The van der Waals surface area contributed by atoms with Crippen LogP contribution in [0, 0.1) is 0 Å². The molecule has 0 saturated carbocycles. The number of aromatic nitrogens is 1. The Balaban J connectivity index is 2.48. The van der Waals surface area contributed by atoms with Gasteiger partial charge in [-0.1, -0.05) is 6.07 Å². The average Bonchev–Trinajstić information content (AvgIpc) is 2.34. The molecular formula is C13H20N2O3. The molecule has 0 radical (unpaired) electrons. The van der Waals surface area contributed by atoms with Crippen LogP contribution in [0.5, 0.6) is 0 Å². The predicted octanol–water partition coefficient (Wildman–Crippen LogP) is 2.03. The van der Waals surface area contributed by atoms with Gasteiger partial charge >= 0.3 is 5.97 Å². The number of hydrogen-bond acceptors (Lipinski definition) is 4. The lowest BCUT2D eigenvalue weighted by Gasteiger charge is -2.18. The van der Waals surface area contributed by atoms with E-state index in [0.29, 0.717) is 12.4 Å². The van der Waals surface area contributed by atoms with Crippen LogP contribution < -0.4 is 4.90 Å². The van der Waals surface area contributed by atoms with E-state index in [0.717, 1.165) is 13.0 Å². The van der Waals surface area contributed by atoms with E-state index in [1.165, 1.54) is 6.07 Å². The summed E-state index contributed by atoms with van der Waals surface area (Å²) in [4.78, 5) is 16.8. The molecule has 0 aliphatic carbocycles. The molecule has 1 aromatic heterocycles. The van der Waals surface area contributed by atoms with Gasteiger partial charge in [-0.25, -0.2) is 9.78 Å². The van der Waals surface area contributed by atoms with Crippen LogP contribution >= 0.6 is 0 Å². The number of carboxylic acids is 1. The second kappa shape index (κ2) is 6.96. The highest BCUT2D eigenvalue weighted by atomic mass is 16.5. The Morgan fingerprint density at radius 1 is 1.50 bits per heavy atom. The summed E-state index contributed by atoms with van der Waals surface area (Å²) in [6.07, 6.45) is 1.12. The topological polar surface area (TPSA) is 62.7 Å². The molecule has 0 amide bonds. The van der Waals surface area contributed by atoms with Gasteiger partial charge in [0.1, 0.15) is 5.82 Å². The summed E-state index contributed by atoms with van der Waals surface area (Å²) in [5.74, 6) is -0.340. The molecule has 0 aliphatic heterocycles. The number of hydrogen-bond donors (Lipinski definition) is 1. The third kappa shape index (κ3) is 4.71. The zero-order chi connectivity index (χ0) is 13.5. The van der Waals surface area contributed by atoms with E-state index in [-0.39, 0.29) is 11.8 Å². The van der Waals surface area contributed by atoms with Crippen molar-refractivity contribution in [2.75, 3.05) is 25.1 Å². The Bertz CT molecular complexity index is 394. The highest BCUT2D eigenvalue weighted by molar-refractivity contribution is 5.85. The van der Waals surface area contributed by atoms with Crippen molar-refractivity contribution in [3.05, 3.63) is 23.9 Å². The van der Waals surface area contributed by atoms with Gasteiger partial charge < -0.3 is 14.7 Å². The fraction of sp³-hybridized carbons (Fsp3) is 0.538. The molecule has 5 nitrogen and oxygen atoms in total. The molecule has 0 fully saturated rings. The van der Waals surface area contributed by atoms with Gasteiger partial charge in [0.25, 0.3) is 0 Å². The summed E-state index contributed by atoms with van der Waals surface area (Å²) in [7, 11) is 1.89. The zero-order valence-electron chi connectivity index (χ0n) is 11.1. The number of nitrogens with zero attached hydrogens (tertiary/aromatic N) is 2. The molecule has 5 heteroatoms. The van der Waals surface area contributed by atoms with Gasteiger partial charge in [0.15, 0.2) is 5.69 Å². The summed E-state index contributed by atoms with van der Waals surface area (Å²) >= 11 is 0. The summed E-state index contributed by atoms with van der Waals surface area (Å²) in [6, 6.07) is 4.99. The fourth-order valence-corrected chi connectivity index (χ4v) is 1.49. The van der Waals surface area contributed by atoms with E-state index < -0.39 is 5.97 Å². The van der Waals surface area contributed by atoms with Crippen molar-refractivity contribution in [1.29, 1.82) is 0 Å². The van der Waals surface area contributed by atoms with Crippen molar-refractivity contribution in [3.8, 4) is 0 Å². The number of aromatic carboxylic acids is 1. The molecule has 0 bridgehead atoms. The van der Waals surface area contributed by atoms with Crippen molar-refractivity contribution >= 4 is 11.8 Å². The summed E-state index contributed by atoms with van der Waals surface area (Å²) < 4.78 is 5.45. The van der Waals surface area contributed by atoms with E-state index in [9.17, 15) is 4.79 Å². The van der Waals surface area contributed by atoms with Gasteiger partial charge in [-0.3, -0.25) is 0 Å². The minimum atomic E-state index is -1.01. The number of anilines is 1. The number of ether oxygens (including phenoxy) is 1. The van der Waals surface area contributed by atoms with Gasteiger partial charge in [-0.2, -0.15) is 0 Å². The van der Waals surface area contributed by atoms with Crippen LogP contribution in [0.2, 0.25) is 0 Å². The molecule has 0 aromatic carbocycles. The van der Waals surface area contributed by atoms with Crippen molar-refractivity contribution in [2.45, 2.75) is 26.4 Å². The molecule has 0 atom stereocenters. The summed E-state index contributed by atoms with van der Waals surface area (Å²) in [6.45, 7) is 5.48. The highest BCUT2D eigenvalue weighted by Gasteiger charge is 2.08. The number of rotatable bonds is 7. The molecule has 18 heavy (non-hydrogen) atoms. The van der Waals surface area contributed by atoms with Gasteiger partial charge in [0.2, 0.25) is 0 Å². The van der Waals surface area contributed by atoms with Crippen molar-refractivity contribution in [3.63, 3.8) is 0 Å². The summed E-state index contributed by atoms with van der Waals surface area (Å²) in [5.41, 5.74) is 0.0674. The van der Waals surface area contributed by atoms with Crippen molar-refractivity contribution in [1.82, 2.24) is 4.98 Å². The Morgan fingerprint density at radius 2 is 2.22 bits per heavy atom. The molecule has 0 saturated heterocycles. The molecule has 0 aliphatic rings. The quantitative estimate of drug-likeness (QED) is 0.752. The van der Waals surface area contributed by atoms with Crippen LogP contribution in [-0.2, 0) is 4.74 Å². The average molecular weight is 252 g/mol. The predicted molar refractivity (Wildman–Crippen MR) is 70.2 cm³/mol.